The van der Waals surface area contributed by atoms with Crippen molar-refractivity contribution in [3.8, 4) is 0 Å². The highest BCUT2D eigenvalue weighted by atomic mass is 35.5. The Balaban J connectivity index is 0.00000171. The molecule has 32 heavy (non-hydrogen) atoms. The number of aliphatic hydroxyl groups is 1. The summed E-state index contributed by atoms with van der Waals surface area (Å²) in [5.41, 5.74) is 3.20. The van der Waals surface area contributed by atoms with Crippen molar-refractivity contribution in [1.29, 1.82) is 0 Å². The zero-order chi connectivity index (χ0) is 20.2. The van der Waals surface area contributed by atoms with Gasteiger partial charge in [-0.25, -0.2) is 4.98 Å². The molecule has 2 atom stereocenters. The van der Waals surface area contributed by atoms with Gasteiger partial charge in [-0.15, -0.1) is 37.2 Å². The van der Waals surface area contributed by atoms with E-state index in [0.29, 0.717) is 25.6 Å². The number of piperidine rings is 1. The van der Waals surface area contributed by atoms with E-state index >= 15 is 0 Å². The Kier molecular flexibility index (Phi) is 11.5. The standard InChI is InChI=1S/C22H30N6O.3ClH/c1-15(2)18-13-26-28-21(25-11-16-6-4-3-5-7-16)10-20(27-22(18)28)24-12-17-8-9-23-14-19(17)29;;;/h3-7,10,13,15,17,19,23,25,29H,8-9,11-12,14H2,1-2H3,(H,24,27);3*1H/t17-,19+;;;/m1.../s1. The summed E-state index contributed by atoms with van der Waals surface area (Å²) >= 11 is 0. The van der Waals surface area contributed by atoms with Gasteiger partial charge in [-0.2, -0.15) is 9.61 Å². The second-order valence-corrected chi connectivity index (χ2v) is 8.06. The molecule has 3 heterocycles. The quantitative estimate of drug-likeness (QED) is 0.388. The maximum Gasteiger partial charge on any atom is 0.163 e. The molecule has 7 nitrogen and oxygen atoms in total. The fourth-order valence-electron chi connectivity index (χ4n) is 3.76. The first-order valence-electron chi connectivity index (χ1n) is 10.4. The van der Waals surface area contributed by atoms with Gasteiger partial charge in [0, 0.05) is 37.2 Å². The molecule has 10 heteroatoms. The van der Waals surface area contributed by atoms with Crippen LogP contribution in [0.1, 0.15) is 37.3 Å². The monoisotopic (exact) mass is 502 g/mol. The largest absolute Gasteiger partial charge is 0.391 e. The van der Waals surface area contributed by atoms with Gasteiger partial charge < -0.3 is 21.1 Å². The van der Waals surface area contributed by atoms with E-state index in [9.17, 15) is 5.11 Å². The van der Waals surface area contributed by atoms with Gasteiger partial charge in [0.2, 0.25) is 0 Å². The van der Waals surface area contributed by atoms with Crippen molar-refractivity contribution in [3.05, 3.63) is 53.7 Å². The van der Waals surface area contributed by atoms with Crippen molar-refractivity contribution in [2.75, 3.05) is 30.3 Å². The van der Waals surface area contributed by atoms with E-state index in [-0.39, 0.29) is 49.2 Å². The Morgan fingerprint density at radius 3 is 2.59 bits per heavy atom. The van der Waals surface area contributed by atoms with E-state index < -0.39 is 0 Å². The van der Waals surface area contributed by atoms with Gasteiger partial charge in [0.05, 0.1) is 12.3 Å². The summed E-state index contributed by atoms with van der Waals surface area (Å²) in [7, 11) is 0. The summed E-state index contributed by atoms with van der Waals surface area (Å²) in [6, 6.07) is 12.3. The normalized spacial score (nSPS) is 17.8. The third kappa shape index (κ3) is 6.62. The Labute approximate surface area is 208 Å². The number of hydrogen-bond acceptors (Lipinski definition) is 6. The minimum Gasteiger partial charge on any atom is -0.391 e. The van der Waals surface area contributed by atoms with Crippen LogP contribution in [0.2, 0.25) is 0 Å². The summed E-state index contributed by atoms with van der Waals surface area (Å²) in [5.74, 6) is 2.27. The molecule has 178 valence electrons. The van der Waals surface area contributed by atoms with Crippen LogP contribution in [-0.2, 0) is 6.54 Å². The molecule has 1 aliphatic heterocycles. The molecule has 0 amide bonds. The molecular weight excluding hydrogens is 471 g/mol. The van der Waals surface area contributed by atoms with E-state index in [1.807, 2.05) is 35.0 Å². The number of halogens is 3. The van der Waals surface area contributed by atoms with Crippen LogP contribution >= 0.6 is 37.2 Å². The highest BCUT2D eigenvalue weighted by Crippen LogP contribution is 2.25. The van der Waals surface area contributed by atoms with Crippen LogP contribution in [0.4, 0.5) is 11.6 Å². The molecule has 4 N–H and O–H groups in total. The van der Waals surface area contributed by atoms with Gasteiger partial charge in [0.1, 0.15) is 11.6 Å². The number of β-amino-alcohol motifs (C(OH)–C–C–N with tert-alkyl or cyclic N) is 1. The minimum atomic E-state index is -0.322. The fraction of sp³-hybridized carbons (Fsp3) is 0.455. The van der Waals surface area contributed by atoms with Gasteiger partial charge in [-0.05, 0) is 24.4 Å². The molecule has 1 fully saturated rings. The lowest BCUT2D eigenvalue weighted by atomic mass is 9.95. The van der Waals surface area contributed by atoms with Crippen molar-refractivity contribution in [3.63, 3.8) is 0 Å². The predicted octanol–water partition coefficient (Wildman–Crippen LogP) is 4.11. The predicted molar refractivity (Wildman–Crippen MR) is 138 cm³/mol. The number of benzene rings is 1. The van der Waals surface area contributed by atoms with E-state index in [2.05, 4.69) is 47.0 Å². The second-order valence-electron chi connectivity index (χ2n) is 8.06. The Bertz CT molecular complexity index is 953. The average molecular weight is 504 g/mol. The molecule has 2 aromatic heterocycles. The van der Waals surface area contributed by atoms with Crippen molar-refractivity contribution < 1.29 is 5.11 Å². The first-order chi connectivity index (χ1) is 14.1. The minimum absolute atomic E-state index is 0. The Hall–Kier alpha value is -1.77. The van der Waals surface area contributed by atoms with Crippen LogP contribution in [-0.4, -0.2) is 45.4 Å². The summed E-state index contributed by atoms with van der Waals surface area (Å²) in [5, 5.41) is 25.0. The van der Waals surface area contributed by atoms with E-state index in [1.54, 1.807) is 0 Å². The Morgan fingerprint density at radius 2 is 1.91 bits per heavy atom. The van der Waals surface area contributed by atoms with Crippen LogP contribution < -0.4 is 16.0 Å². The number of rotatable bonds is 7. The number of nitrogens with zero attached hydrogens (tertiary/aromatic N) is 3. The van der Waals surface area contributed by atoms with Gasteiger partial charge in [0.15, 0.2) is 5.65 Å². The van der Waals surface area contributed by atoms with Gasteiger partial charge in [-0.1, -0.05) is 44.2 Å². The van der Waals surface area contributed by atoms with Crippen LogP contribution in [0.25, 0.3) is 5.65 Å². The van der Waals surface area contributed by atoms with Gasteiger partial charge in [0.25, 0.3) is 0 Å². The highest BCUT2D eigenvalue weighted by Gasteiger charge is 2.23. The SMILES string of the molecule is CC(C)c1cnn2c(NCc3ccccc3)cc(NC[C@H]3CCNC[C@@H]3O)nc12.Cl.Cl.Cl. The summed E-state index contributed by atoms with van der Waals surface area (Å²) in [6.45, 7) is 7.32. The molecular formula is C22H33Cl3N6O. The lowest BCUT2D eigenvalue weighted by Crippen LogP contribution is -2.43. The van der Waals surface area contributed by atoms with Gasteiger partial charge in [-0.3, -0.25) is 0 Å². The van der Waals surface area contributed by atoms with E-state index in [4.69, 9.17) is 4.98 Å². The molecule has 0 unspecified atom stereocenters. The highest BCUT2D eigenvalue weighted by molar-refractivity contribution is 5.86. The molecule has 0 spiro atoms. The van der Waals surface area contributed by atoms with E-state index in [0.717, 1.165) is 35.8 Å². The van der Waals surface area contributed by atoms with Crippen LogP contribution in [0.5, 0.6) is 0 Å². The lowest BCUT2D eigenvalue weighted by molar-refractivity contribution is 0.0883. The molecule has 0 radical (unpaired) electrons. The lowest BCUT2D eigenvalue weighted by Gasteiger charge is -2.28. The average Bonchev–Trinajstić information content (AvgIpc) is 3.16. The van der Waals surface area contributed by atoms with Crippen molar-refractivity contribution in [2.45, 2.75) is 38.8 Å². The number of aromatic nitrogens is 3. The zero-order valence-electron chi connectivity index (χ0n) is 18.3. The third-order valence-electron chi connectivity index (χ3n) is 5.57. The molecule has 0 aliphatic carbocycles. The molecule has 1 aromatic carbocycles. The number of anilines is 2. The zero-order valence-corrected chi connectivity index (χ0v) is 20.8. The molecule has 1 aliphatic rings. The summed E-state index contributed by atoms with van der Waals surface area (Å²) in [6.07, 6.45) is 2.54. The molecule has 0 saturated carbocycles. The summed E-state index contributed by atoms with van der Waals surface area (Å²) in [4.78, 5) is 4.83. The third-order valence-corrected chi connectivity index (χ3v) is 5.57. The van der Waals surface area contributed by atoms with Crippen LogP contribution in [0.15, 0.2) is 42.6 Å². The molecule has 0 bridgehead atoms. The maximum absolute atomic E-state index is 10.2. The van der Waals surface area contributed by atoms with Gasteiger partial charge >= 0.3 is 0 Å². The van der Waals surface area contributed by atoms with Crippen molar-refractivity contribution in [1.82, 2.24) is 19.9 Å². The smallest absolute Gasteiger partial charge is 0.163 e. The maximum atomic E-state index is 10.2. The molecule has 1 saturated heterocycles. The second kappa shape index (κ2) is 13.1. The van der Waals surface area contributed by atoms with Crippen molar-refractivity contribution in [2.24, 2.45) is 5.92 Å². The van der Waals surface area contributed by atoms with Crippen molar-refractivity contribution >= 4 is 54.5 Å². The number of aliphatic hydroxyl groups excluding tert-OH is 1. The van der Waals surface area contributed by atoms with Crippen LogP contribution in [0, 0.1) is 5.92 Å². The first-order valence-corrected chi connectivity index (χ1v) is 10.4. The first kappa shape index (κ1) is 28.3. The number of fused-ring (bicyclic) bond motifs is 1. The number of hydrogen-bond donors (Lipinski definition) is 4. The Morgan fingerprint density at radius 1 is 1.16 bits per heavy atom. The summed E-state index contributed by atoms with van der Waals surface area (Å²) < 4.78 is 1.88. The van der Waals surface area contributed by atoms with E-state index in [1.165, 1.54) is 5.56 Å². The number of nitrogens with one attached hydrogen (secondary N) is 3. The molecule has 3 aromatic rings. The van der Waals surface area contributed by atoms with Crippen LogP contribution in [0.3, 0.4) is 0 Å². The topological polar surface area (TPSA) is 86.5 Å². The fourth-order valence-corrected chi connectivity index (χ4v) is 3.76. The molecule has 4 rings (SSSR count).